The Balaban J connectivity index is 1.31. The van der Waals surface area contributed by atoms with Crippen molar-refractivity contribution >= 4 is 40.6 Å². The summed E-state index contributed by atoms with van der Waals surface area (Å²) in [6.45, 7) is 7.42. The molecule has 3 aromatic rings. The number of rotatable bonds is 6. The first-order chi connectivity index (χ1) is 15.1. The predicted molar refractivity (Wildman–Crippen MR) is 123 cm³/mol. The summed E-state index contributed by atoms with van der Waals surface area (Å²) in [5.74, 6) is 0.914. The molecule has 1 aliphatic heterocycles. The van der Waals surface area contributed by atoms with Gasteiger partial charge in [0.1, 0.15) is 10.8 Å². The number of carbonyl (C=O) groups is 1. The van der Waals surface area contributed by atoms with Gasteiger partial charge >= 0.3 is 6.03 Å². The number of hydrogen-bond acceptors (Lipinski definition) is 8. The number of aromatic nitrogens is 3. The molecule has 1 fully saturated rings. The summed E-state index contributed by atoms with van der Waals surface area (Å²) in [4.78, 5) is 20.1. The van der Waals surface area contributed by atoms with Gasteiger partial charge in [-0.05, 0) is 55.3 Å². The molecule has 0 spiro atoms. The second kappa shape index (κ2) is 10.1. The molecule has 4 rings (SSSR count). The van der Waals surface area contributed by atoms with Crippen LogP contribution in [0, 0.1) is 13.8 Å². The van der Waals surface area contributed by atoms with Crippen LogP contribution in [0.5, 0.6) is 0 Å². The Bertz CT molecular complexity index is 1050. The third kappa shape index (κ3) is 5.93. The maximum Gasteiger partial charge on any atom is 0.319 e. The minimum absolute atomic E-state index is 0.243. The summed E-state index contributed by atoms with van der Waals surface area (Å²) in [6.07, 6.45) is 1.78. The van der Waals surface area contributed by atoms with E-state index in [9.17, 15) is 4.79 Å². The van der Waals surface area contributed by atoms with Crippen LogP contribution in [0.2, 0.25) is 0 Å². The van der Waals surface area contributed by atoms with Gasteiger partial charge in [-0.15, -0.1) is 10.2 Å². The molecule has 1 aliphatic rings. The molecular formula is C21H24N6O2S2. The van der Waals surface area contributed by atoms with Crippen LogP contribution in [0.15, 0.2) is 45.8 Å². The molecule has 3 heterocycles. The average molecular weight is 457 g/mol. The average Bonchev–Trinajstić information content (AvgIpc) is 3.19. The number of hydrogen-bond donors (Lipinski definition) is 2. The standard InChI is InChI=1S/C21H24N6O2S2/c1-14-11-17(31-21-26-25-15(2)30-21)3-4-18(14)24-20(28)23-13-16-5-6-22-19(12-16)27-7-9-29-10-8-27/h3-6,11-12H,7-10,13H2,1-2H3,(H2,23,24,28). The number of benzene rings is 1. The normalized spacial score (nSPS) is 13.8. The molecule has 0 saturated carbocycles. The smallest absolute Gasteiger partial charge is 0.319 e. The van der Waals surface area contributed by atoms with Crippen LogP contribution in [0.3, 0.4) is 0 Å². The van der Waals surface area contributed by atoms with Gasteiger partial charge in [0.2, 0.25) is 0 Å². The van der Waals surface area contributed by atoms with Crippen LogP contribution in [-0.2, 0) is 11.3 Å². The highest BCUT2D eigenvalue weighted by Gasteiger charge is 2.13. The zero-order valence-corrected chi connectivity index (χ0v) is 19.1. The molecule has 0 atom stereocenters. The molecule has 0 bridgehead atoms. The summed E-state index contributed by atoms with van der Waals surface area (Å²) in [7, 11) is 0. The van der Waals surface area contributed by atoms with Gasteiger partial charge in [0, 0.05) is 36.4 Å². The number of morpholine rings is 1. The lowest BCUT2D eigenvalue weighted by atomic mass is 10.2. The van der Waals surface area contributed by atoms with Crippen LogP contribution in [-0.4, -0.2) is 47.5 Å². The summed E-state index contributed by atoms with van der Waals surface area (Å²) in [5.41, 5.74) is 2.77. The summed E-state index contributed by atoms with van der Waals surface area (Å²) in [6, 6.07) is 9.60. The van der Waals surface area contributed by atoms with Crippen molar-refractivity contribution in [3.63, 3.8) is 0 Å². The monoisotopic (exact) mass is 456 g/mol. The first kappa shape index (κ1) is 21.5. The van der Waals surface area contributed by atoms with Gasteiger partial charge in [-0.3, -0.25) is 0 Å². The summed E-state index contributed by atoms with van der Waals surface area (Å²) >= 11 is 3.13. The highest BCUT2D eigenvalue weighted by Crippen LogP contribution is 2.32. The molecule has 1 saturated heterocycles. The van der Waals surface area contributed by atoms with Gasteiger partial charge in [0.25, 0.3) is 0 Å². The molecule has 0 unspecified atom stereocenters. The maximum absolute atomic E-state index is 12.4. The van der Waals surface area contributed by atoms with Crippen molar-refractivity contribution in [1.29, 1.82) is 0 Å². The first-order valence-electron chi connectivity index (χ1n) is 9.98. The number of ether oxygens (including phenoxy) is 1. The van der Waals surface area contributed by atoms with Gasteiger partial charge in [-0.1, -0.05) is 23.1 Å². The molecular weight excluding hydrogens is 432 g/mol. The summed E-state index contributed by atoms with van der Waals surface area (Å²) < 4.78 is 6.30. The van der Waals surface area contributed by atoms with Crippen molar-refractivity contribution < 1.29 is 9.53 Å². The Morgan fingerprint density at radius 2 is 2.03 bits per heavy atom. The minimum atomic E-state index is -0.243. The van der Waals surface area contributed by atoms with Crippen LogP contribution in [0.25, 0.3) is 0 Å². The van der Waals surface area contributed by atoms with E-state index in [2.05, 4.69) is 30.7 Å². The van der Waals surface area contributed by atoms with Crippen LogP contribution in [0.4, 0.5) is 16.3 Å². The Hall–Kier alpha value is -2.69. The lowest BCUT2D eigenvalue weighted by molar-refractivity contribution is 0.122. The molecule has 2 aromatic heterocycles. The molecule has 10 heteroatoms. The van der Waals surface area contributed by atoms with Crippen molar-refractivity contribution in [2.45, 2.75) is 29.6 Å². The quantitative estimate of drug-likeness (QED) is 0.582. The van der Waals surface area contributed by atoms with E-state index in [0.717, 1.165) is 50.0 Å². The number of urea groups is 1. The zero-order chi connectivity index (χ0) is 21.6. The lowest BCUT2D eigenvalue weighted by Crippen LogP contribution is -2.36. The molecule has 2 amide bonds. The van der Waals surface area contributed by atoms with E-state index in [1.807, 2.05) is 44.2 Å². The molecule has 1 aromatic carbocycles. The predicted octanol–water partition coefficient (Wildman–Crippen LogP) is 3.86. The molecule has 2 N–H and O–H groups in total. The van der Waals surface area contributed by atoms with E-state index in [0.29, 0.717) is 19.8 Å². The van der Waals surface area contributed by atoms with Gasteiger partial charge in [-0.25, -0.2) is 9.78 Å². The van der Waals surface area contributed by atoms with Gasteiger partial charge in [0.15, 0.2) is 4.34 Å². The molecule has 162 valence electrons. The van der Waals surface area contributed by atoms with Crippen molar-refractivity contribution in [2.75, 3.05) is 36.5 Å². The van der Waals surface area contributed by atoms with Crippen molar-refractivity contribution in [3.05, 3.63) is 52.7 Å². The molecule has 8 nitrogen and oxygen atoms in total. The SMILES string of the molecule is Cc1nnc(Sc2ccc(NC(=O)NCc3ccnc(N4CCOCC4)c3)c(C)c2)s1. The largest absolute Gasteiger partial charge is 0.378 e. The third-order valence-corrected chi connectivity index (χ3v) is 6.64. The fourth-order valence-electron chi connectivity index (χ4n) is 3.15. The first-order valence-corrected chi connectivity index (χ1v) is 11.6. The highest BCUT2D eigenvalue weighted by molar-refractivity contribution is 8.01. The van der Waals surface area contributed by atoms with Crippen molar-refractivity contribution in [1.82, 2.24) is 20.5 Å². The number of pyridine rings is 1. The van der Waals surface area contributed by atoms with E-state index in [-0.39, 0.29) is 6.03 Å². The van der Waals surface area contributed by atoms with E-state index >= 15 is 0 Å². The van der Waals surface area contributed by atoms with Crippen LogP contribution >= 0.6 is 23.1 Å². The molecule has 0 aliphatic carbocycles. The fourth-order valence-corrected chi connectivity index (χ4v) is 5.03. The number of carbonyl (C=O) groups excluding carboxylic acids is 1. The van der Waals surface area contributed by atoms with E-state index in [4.69, 9.17) is 4.74 Å². The van der Waals surface area contributed by atoms with Crippen LogP contribution < -0.4 is 15.5 Å². The highest BCUT2D eigenvalue weighted by atomic mass is 32.2. The van der Waals surface area contributed by atoms with Gasteiger partial charge < -0.3 is 20.3 Å². The number of amides is 2. The molecule has 31 heavy (non-hydrogen) atoms. The Labute approximate surface area is 189 Å². The number of nitrogens with zero attached hydrogens (tertiary/aromatic N) is 4. The molecule has 0 radical (unpaired) electrons. The second-order valence-corrected chi connectivity index (χ2v) is 9.60. The Kier molecular flexibility index (Phi) is 7.00. The fraction of sp³-hybridized carbons (Fsp3) is 0.333. The number of nitrogens with one attached hydrogen (secondary N) is 2. The van der Waals surface area contributed by atoms with Crippen molar-refractivity contribution in [2.24, 2.45) is 0 Å². The second-order valence-electron chi connectivity index (χ2n) is 7.10. The van der Waals surface area contributed by atoms with E-state index < -0.39 is 0 Å². The van der Waals surface area contributed by atoms with E-state index in [1.165, 1.54) is 0 Å². The van der Waals surface area contributed by atoms with Crippen molar-refractivity contribution in [3.8, 4) is 0 Å². The van der Waals surface area contributed by atoms with Crippen LogP contribution in [0.1, 0.15) is 16.1 Å². The van der Waals surface area contributed by atoms with Gasteiger partial charge in [0.05, 0.1) is 13.2 Å². The minimum Gasteiger partial charge on any atom is -0.378 e. The third-order valence-electron chi connectivity index (χ3n) is 4.76. The Morgan fingerprint density at radius 3 is 2.77 bits per heavy atom. The topological polar surface area (TPSA) is 92.3 Å². The maximum atomic E-state index is 12.4. The van der Waals surface area contributed by atoms with E-state index in [1.54, 1.807) is 29.3 Å². The summed E-state index contributed by atoms with van der Waals surface area (Å²) in [5, 5.41) is 15.0. The zero-order valence-electron chi connectivity index (χ0n) is 17.4. The number of anilines is 2. The Morgan fingerprint density at radius 1 is 1.19 bits per heavy atom. The lowest BCUT2D eigenvalue weighted by Gasteiger charge is -2.28. The van der Waals surface area contributed by atoms with Gasteiger partial charge in [-0.2, -0.15) is 0 Å². The number of aryl methyl sites for hydroxylation is 2.